The largest absolute Gasteiger partial charge is 0.506 e. The van der Waals surface area contributed by atoms with Crippen LogP contribution >= 0.6 is 27.7 Å². The van der Waals surface area contributed by atoms with Gasteiger partial charge in [0.25, 0.3) is 0 Å². The number of rotatable bonds is 6. The van der Waals surface area contributed by atoms with Crippen LogP contribution in [0.5, 0.6) is 0 Å². The molecule has 0 spiro atoms. The van der Waals surface area contributed by atoms with Gasteiger partial charge in [-0.15, -0.1) is 0 Å². The van der Waals surface area contributed by atoms with E-state index < -0.39 is 5.97 Å². The molecule has 1 aliphatic heterocycles. The van der Waals surface area contributed by atoms with Crippen molar-refractivity contribution in [2.24, 2.45) is 4.99 Å². The number of para-hydroxylation sites is 1. The zero-order chi connectivity index (χ0) is 25.9. The third kappa shape index (κ3) is 5.40. The fourth-order valence-corrected chi connectivity index (χ4v) is 5.47. The molecule has 1 aromatic heterocycles. The van der Waals surface area contributed by atoms with Crippen LogP contribution in [0.4, 0.5) is 10.1 Å². The van der Waals surface area contributed by atoms with E-state index in [4.69, 9.17) is 4.74 Å². The van der Waals surface area contributed by atoms with Gasteiger partial charge in [-0.3, -0.25) is 0 Å². The maximum atomic E-state index is 13.4. The van der Waals surface area contributed by atoms with Gasteiger partial charge in [-0.25, -0.2) is 14.2 Å². The van der Waals surface area contributed by atoms with Crippen LogP contribution < -0.4 is 0 Å². The minimum Gasteiger partial charge on any atom is -0.506 e. The molecule has 0 aliphatic carbocycles. The van der Waals surface area contributed by atoms with Gasteiger partial charge >= 0.3 is 5.97 Å². The Morgan fingerprint density at radius 3 is 2.62 bits per heavy atom. The first-order valence-electron chi connectivity index (χ1n) is 11.6. The van der Waals surface area contributed by atoms with Crippen LogP contribution in [0.2, 0.25) is 0 Å². The molecular weight excluding hydrogens is 555 g/mol. The number of aromatic nitrogens is 1. The van der Waals surface area contributed by atoms with Gasteiger partial charge < -0.3 is 14.4 Å². The van der Waals surface area contributed by atoms with Gasteiger partial charge in [-0.05, 0) is 61.0 Å². The highest BCUT2D eigenvalue weighted by Gasteiger charge is 2.33. The van der Waals surface area contributed by atoms with Gasteiger partial charge in [0.2, 0.25) is 0 Å². The lowest BCUT2D eigenvalue weighted by Gasteiger charge is -2.05. The monoisotopic (exact) mass is 576 g/mol. The van der Waals surface area contributed by atoms with Crippen molar-refractivity contribution in [2.45, 2.75) is 13.5 Å². The fourth-order valence-electron chi connectivity index (χ4n) is 4.08. The Labute approximate surface area is 226 Å². The van der Waals surface area contributed by atoms with Crippen molar-refractivity contribution >= 4 is 61.4 Å². The summed E-state index contributed by atoms with van der Waals surface area (Å²) in [6.45, 7) is 2.45. The SMILES string of the molecule is CCOC(=O)C1=C(O)/C(=C/c2cn(Cc3ccc(F)cc3)c3ccc(Br)cc23)SC1=Nc1ccccc1. The quantitative estimate of drug-likeness (QED) is 0.238. The normalized spacial score (nSPS) is 15.8. The predicted molar refractivity (Wildman–Crippen MR) is 151 cm³/mol. The van der Waals surface area contributed by atoms with Gasteiger partial charge in [0.05, 0.1) is 17.2 Å². The molecule has 1 aliphatic rings. The Morgan fingerprint density at radius 2 is 1.89 bits per heavy atom. The van der Waals surface area contributed by atoms with Gasteiger partial charge in [-0.1, -0.05) is 58.0 Å². The summed E-state index contributed by atoms with van der Waals surface area (Å²) in [5.41, 5.74) is 3.52. The summed E-state index contributed by atoms with van der Waals surface area (Å²) in [4.78, 5) is 17.8. The lowest BCUT2D eigenvalue weighted by molar-refractivity contribution is -0.138. The van der Waals surface area contributed by atoms with E-state index in [9.17, 15) is 14.3 Å². The minimum atomic E-state index is -0.618. The third-order valence-corrected chi connectivity index (χ3v) is 7.30. The number of aliphatic imine (C=N–C) groups is 1. The number of nitrogens with zero attached hydrogens (tertiary/aromatic N) is 2. The highest BCUT2D eigenvalue weighted by molar-refractivity contribution is 9.10. The molecule has 2 heterocycles. The van der Waals surface area contributed by atoms with Crippen LogP contribution in [0.15, 0.2) is 105 Å². The van der Waals surface area contributed by atoms with Gasteiger partial charge in [0, 0.05) is 33.7 Å². The van der Waals surface area contributed by atoms with Crippen molar-refractivity contribution in [3.8, 4) is 0 Å². The van der Waals surface area contributed by atoms with Crippen LogP contribution in [0.1, 0.15) is 18.1 Å². The number of hydrogen-bond donors (Lipinski definition) is 1. The molecule has 0 unspecified atom stereocenters. The molecule has 8 heteroatoms. The van der Waals surface area contributed by atoms with E-state index in [2.05, 4.69) is 25.5 Å². The molecule has 0 atom stereocenters. The minimum absolute atomic E-state index is 0.0539. The average Bonchev–Trinajstić information content (AvgIpc) is 3.37. The third-order valence-electron chi connectivity index (χ3n) is 5.78. The molecule has 186 valence electrons. The molecule has 0 saturated heterocycles. The Bertz CT molecular complexity index is 1570. The number of carbonyl (C=O) groups is 1. The molecule has 0 amide bonds. The smallest absolute Gasteiger partial charge is 0.344 e. The number of esters is 1. The number of aliphatic hydroxyl groups excluding tert-OH is 1. The molecule has 1 N–H and O–H groups in total. The van der Waals surface area contributed by atoms with Crippen molar-refractivity contribution in [3.05, 3.63) is 117 Å². The first kappa shape index (κ1) is 25.0. The van der Waals surface area contributed by atoms with Gasteiger partial charge in [0.15, 0.2) is 0 Å². The Balaban J connectivity index is 1.59. The topological polar surface area (TPSA) is 63.8 Å². The summed E-state index contributed by atoms with van der Waals surface area (Å²) < 4.78 is 21.6. The van der Waals surface area contributed by atoms with E-state index in [1.54, 1.807) is 19.1 Å². The molecule has 3 aromatic carbocycles. The average molecular weight is 577 g/mol. The van der Waals surface area contributed by atoms with Crippen molar-refractivity contribution in [1.82, 2.24) is 4.57 Å². The molecule has 37 heavy (non-hydrogen) atoms. The van der Waals surface area contributed by atoms with Crippen LogP contribution in [0.3, 0.4) is 0 Å². The van der Waals surface area contributed by atoms with Crippen molar-refractivity contribution < 1.29 is 19.0 Å². The summed E-state index contributed by atoms with van der Waals surface area (Å²) in [6.07, 6.45) is 3.83. The summed E-state index contributed by atoms with van der Waals surface area (Å²) in [5.74, 6) is -1.05. The predicted octanol–water partition coefficient (Wildman–Crippen LogP) is 7.78. The molecule has 0 bridgehead atoms. The number of carbonyl (C=O) groups excluding carboxylic acids is 1. The summed E-state index contributed by atoms with van der Waals surface area (Å²) >= 11 is 4.77. The zero-order valence-electron chi connectivity index (χ0n) is 19.8. The molecule has 0 radical (unpaired) electrons. The number of thioether (sulfide) groups is 1. The molecule has 0 fully saturated rings. The first-order chi connectivity index (χ1) is 17.9. The molecular formula is C29H22BrFN2O3S. The van der Waals surface area contributed by atoms with E-state index >= 15 is 0 Å². The number of fused-ring (bicyclic) bond motifs is 1. The Hall–Kier alpha value is -3.62. The highest BCUT2D eigenvalue weighted by Crippen LogP contribution is 2.41. The van der Waals surface area contributed by atoms with Crippen molar-refractivity contribution in [2.75, 3.05) is 6.61 Å². The van der Waals surface area contributed by atoms with Crippen LogP contribution in [0, 0.1) is 5.82 Å². The fraction of sp³-hybridized carbons (Fsp3) is 0.103. The second-order valence-corrected chi connectivity index (χ2v) is 10.3. The summed E-state index contributed by atoms with van der Waals surface area (Å²) in [7, 11) is 0. The van der Waals surface area contributed by atoms with Crippen LogP contribution in [-0.2, 0) is 16.1 Å². The maximum absolute atomic E-state index is 13.4. The number of hydrogen-bond acceptors (Lipinski definition) is 5. The van der Waals surface area contributed by atoms with Crippen LogP contribution in [-0.4, -0.2) is 27.3 Å². The number of benzene rings is 3. The number of aliphatic hydroxyl groups is 1. The molecule has 4 aromatic rings. The maximum Gasteiger partial charge on any atom is 0.344 e. The molecule has 0 saturated carbocycles. The molecule has 5 rings (SSSR count). The molecule has 5 nitrogen and oxygen atoms in total. The number of halogens is 2. The lowest BCUT2D eigenvalue weighted by Crippen LogP contribution is -2.12. The highest BCUT2D eigenvalue weighted by atomic mass is 79.9. The van der Waals surface area contributed by atoms with E-state index in [1.165, 1.54) is 23.9 Å². The Morgan fingerprint density at radius 1 is 1.14 bits per heavy atom. The Kier molecular flexibility index (Phi) is 7.30. The van der Waals surface area contributed by atoms with E-state index in [-0.39, 0.29) is 23.8 Å². The summed E-state index contributed by atoms with van der Waals surface area (Å²) in [6, 6.07) is 21.7. The zero-order valence-corrected chi connectivity index (χ0v) is 22.2. The van der Waals surface area contributed by atoms with Gasteiger partial charge in [0.1, 0.15) is 22.2 Å². The first-order valence-corrected chi connectivity index (χ1v) is 13.2. The van der Waals surface area contributed by atoms with E-state index in [1.807, 2.05) is 60.8 Å². The van der Waals surface area contributed by atoms with Crippen molar-refractivity contribution in [1.29, 1.82) is 0 Å². The van der Waals surface area contributed by atoms with Gasteiger partial charge in [-0.2, -0.15) is 0 Å². The van der Waals surface area contributed by atoms with Crippen molar-refractivity contribution in [3.63, 3.8) is 0 Å². The van der Waals surface area contributed by atoms with E-state index in [0.717, 1.165) is 26.5 Å². The second-order valence-electron chi connectivity index (χ2n) is 8.31. The standard InChI is InChI=1S/C29H22BrFN2O3S/c1-2-36-29(35)26-27(34)25(37-28(26)32-22-6-4-3-5-7-22)14-19-17-33(16-18-8-11-21(31)12-9-18)24-13-10-20(30)15-23(19)24/h3-15,17,34H,2,16H2,1H3/b25-14-,32-28?. The van der Waals surface area contributed by atoms with E-state index in [0.29, 0.717) is 22.2 Å². The summed E-state index contributed by atoms with van der Waals surface area (Å²) in [5, 5.41) is 12.4. The lowest BCUT2D eigenvalue weighted by atomic mass is 10.1. The number of ether oxygens (including phenoxy) is 1. The van der Waals surface area contributed by atoms with Crippen LogP contribution in [0.25, 0.3) is 17.0 Å². The second kappa shape index (κ2) is 10.8.